The molecule has 0 saturated carbocycles. The number of nitrogens with one attached hydrogen (secondary N) is 1. The van der Waals surface area contributed by atoms with Gasteiger partial charge in [-0.25, -0.2) is 0 Å². The van der Waals surface area contributed by atoms with E-state index in [1.54, 1.807) is 0 Å². The van der Waals surface area contributed by atoms with Crippen LogP contribution in [0.4, 0.5) is 0 Å². The molecule has 0 bridgehead atoms. The molecule has 0 aromatic rings. The van der Waals surface area contributed by atoms with Crippen molar-refractivity contribution >= 4 is 6.29 Å². The summed E-state index contributed by atoms with van der Waals surface area (Å²) in [5, 5.41) is 11.5. The van der Waals surface area contributed by atoms with Gasteiger partial charge in [-0.05, 0) is 5.92 Å². The number of hydrogen-bond acceptors (Lipinski definition) is 4. The van der Waals surface area contributed by atoms with E-state index in [9.17, 15) is 4.79 Å². The summed E-state index contributed by atoms with van der Waals surface area (Å²) in [4.78, 5) is 10.4. The molecule has 0 aliphatic carbocycles. The van der Waals surface area contributed by atoms with Crippen molar-refractivity contribution in [1.29, 1.82) is 0 Å². The van der Waals surface area contributed by atoms with Crippen molar-refractivity contribution in [3.8, 4) is 0 Å². The largest absolute Gasteiger partial charge is 0.356 e. The average Bonchev–Trinajstić information content (AvgIpc) is 1.99. The lowest BCUT2D eigenvalue weighted by molar-refractivity contribution is -0.123. The molecule has 0 heterocycles. The molecule has 2 N–H and O–H groups in total. The summed E-state index contributed by atoms with van der Waals surface area (Å²) >= 11 is 0. The summed E-state index contributed by atoms with van der Waals surface area (Å²) < 4.78 is 4.52. The fourth-order valence-electron chi connectivity index (χ4n) is 0.622. The molecule has 0 aromatic heterocycles. The quantitative estimate of drug-likeness (QED) is 0.430. The summed E-state index contributed by atoms with van der Waals surface area (Å²) in [6.07, 6.45) is -0.306. The number of carbonyl (C=O) groups is 1. The maximum atomic E-state index is 10.4. The molecule has 0 aromatic carbocycles. The standard InChI is InChI=1S/C7H15NO3/c1-5(2)6(4-9)8-7(10)11-3/h4-8,10H,1-3H3. The van der Waals surface area contributed by atoms with E-state index in [4.69, 9.17) is 5.11 Å². The van der Waals surface area contributed by atoms with Gasteiger partial charge in [0, 0.05) is 7.11 Å². The van der Waals surface area contributed by atoms with E-state index >= 15 is 0 Å². The summed E-state index contributed by atoms with van der Waals surface area (Å²) in [7, 11) is 1.36. The molecule has 0 fully saturated rings. The Morgan fingerprint density at radius 3 is 2.36 bits per heavy atom. The van der Waals surface area contributed by atoms with Crippen LogP contribution >= 0.6 is 0 Å². The van der Waals surface area contributed by atoms with Crippen molar-refractivity contribution in [2.45, 2.75) is 26.3 Å². The van der Waals surface area contributed by atoms with Crippen LogP contribution in [0.2, 0.25) is 0 Å². The molecule has 0 rings (SSSR count). The second kappa shape index (κ2) is 5.23. The van der Waals surface area contributed by atoms with Gasteiger partial charge in [-0.3, -0.25) is 5.32 Å². The van der Waals surface area contributed by atoms with Crippen LogP contribution in [0.15, 0.2) is 0 Å². The van der Waals surface area contributed by atoms with E-state index in [1.807, 2.05) is 13.8 Å². The average molecular weight is 161 g/mol. The number of aldehydes is 1. The van der Waals surface area contributed by atoms with E-state index in [2.05, 4.69) is 10.1 Å². The highest BCUT2D eigenvalue weighted by molar-refractivity contribution is 5.57. The molecule has 0 saturated heterocycles. The minimum absolute atomic E-state index is 0.150. The lowest BCUT2D eigenvalue weighted by atomic mass is 10.1. The van der Waals surface area contributed by atoms with Gasteiger partial charge in [0.2, 0.25) is 6.41 Å². The molecule has 0 amide bonds. The van der Waals surface area contributed by atoms with Gasteiger partial charge in [0.15, 0.2) is 0 Å². The number of aliphatic hydroxyl groups is 1. The Hall–Kier alpha value is -0.450. The molecule has 11 heavy (non-hydrogen) atoms. The SMILES string of the molecule is COC(O)NC(C=O)C(C)C. The Morgan fingerprint density at radius 2 is 2.09 bits per heavy atom. The van der Waals surface area contributed by atoms with E-state index in [0.29, 0.717) is 0 Å². The molecule has 0 aliphatic rings. The van der Waals surface area contributed by atoms with Crippen molar-refractivity contribution in [3.05, 3.63) is 0 Å². The lowest BCUT2D eigenvalue weighted by Gasteiger charge is -2.19. The lowest BCUT2D eigenvalue weighted by Crippen LogP contribution is -2.43. The van der Waals surface area contributed by atoms with Crippen LogP contribution in [0.3, 0.4) is 0 Å². The van der Waals surface area contributed by atoms with Gasteiger partial charge in [0.25, 0.3) is 0 Å². The van der Waals surface area contributed by atoms with Gasteiger partial charge in [-0.1, -0.05) is 13.8 Å². The Bertz CT molecular complexity index is 116. The van der Waals surface area contributed by atoms with E-state index in [0.717, 1.165) is 6.29 Å². The summed E-state index contributed by atoms with van der Waals surface area (Å²) in [6, 6.07) is -0.357. The fraction of sp³-hybridized carbons (Fsp3) is 0.857. The monoisotopic (exact) mass is 161 g/mol. The minimum atomic E-state index is -1.06. The second-order valence-corrected chi connectivity index (χ2v) is 2.66. The van der Waals surface area contributed by atoms with Gasteiger partial charge in [-0.15, -0.1) is 0 Å². The van der Waals surface area contributed by atoms with E-state index in [-0.39, 0.29) is 12.0 Å². The molecule has 0 aliphatic heterocycles. The third kappa shape index (κ3) is 4.08. The molecule has 0 spiro atoms. The predicted octanol–water partition coefficient (Wildman–Crippen LogP) is -0.278. The van der Waals surface area contributed by atoms with Gasteiger partial charge >= 0.3 is 0 Å². The highest BCUT2D eigenvalue weighted by Crippen LogP contribution is 1.98. The second-order valence-electron chi connectivity index (χ2n) is 2.66. The minimum Gasteiger partial charge on any atom is -0.356 e. The fourth-order valence-corrected chi connectivity index (χ4v) is 0.622. The maximum absolute atomic E-state index is 10.4. The third-order valence-electron chi connectivity index (χ3n) is 1.42. The highest BCUT2D eigenvalue weighted by Gasteiger charge is 2.14. The zero-order chi connectivity index (χ0) is 8.85. The Morgan fingerprint density at radius 1 is 1.55 bits per heavy atom. The van der Waals surface area contributed by atoms with Crippen LogP contribution in [0, 0.1) is 5.92 Å². The van der Waals surface area contributed by atoms with Crippen molar-refractivity contribution in [3.63, 3.8) is 0 Å². The smallest absolute Gasteiger partial charge is 0.213 e. The number of hydrogen-bond donors (Lipinski definition) is 2. The Kier molecular flexibility index (Phi) is 5.02. The van der Waals surface area contributed by atoms with Crippen molar-refractivity contribution in [2.75, 3.05) is 7.11 Å². The zero-order valence-corrected chi connectivity index (χ0v) is 7.07. The van der Waals surface area contributed by atoms with Crippen LogP contribution in [0.1, 0.15) is 13.8 Å². The molecule has 4 nitrogen and oxygen atoms in total. The first-order valence-corrected chi connectivity index (χ1v) is 3.54. The van der Waals surface area contributed by atoms with Gasteiger partial charge in [0.05, 0.1) is 6.04 Å². The van der Waals surface area contributed by atoms with E-state index < -0.39 is 6.41 Å². The number of rotatable bonds is 5. The summed E-state index contributed by atoms with van der Waals surface area (Å²) in [5.74, 6) is 0.150. The van der Waals surface area contributed by atoms with E-state index in [1.165, 1.54) is 7.11 Å². The number of aliphatic hydroxyl groups excluding tert-OH is 1. The molecule has 4 heteroatoms. The maximum Gasteiger partial charge on any atom is 0.213 e. The van der Waals surface area contributed by atoms with Crippen molar-refractivity contribution in [1.82, 2.24) is 5.32 Å². The van der Waals surface area contributed by atoms with Crippen LogP contribution in [0.25, 0.3) is 0 Å². The third-order valence-corrected chi connectivity index (χ3v) is 1.42. The normalized spacial score (nSPS) is 16.5. The summed E-state index contributed by atoms with van der Waals surface area (Å²) in [6.45, 7) is 3.77. The van der Waals surface area contributed by atoms with Gasteiger partial charge in [0.1, 0.15) is 6.29 Å². The molecule has 66 valence electrons. The first kappa shape index (κ1) is 10.6. The number of methoxy groups -OCH3 is 1. The van der Waals surface area contributed by atoms with Crippen molar-refractivity contribution < 1.29 is 14.6 Å². The number of carbonyl (C=O) groups excluding carboxylic acids is 1. The molecule has 2 unspecified atom stereocenters. The topological polar surface area (TPSA) is 58.6 Å². The van der Waals surface area contributed by atoms with Crippen LogP contribution in [-0.2, 0) is 9.53 Å². The highest BCUT2D eigenvalue weighted by atomic mass is 16.6. The van der Waals surface area contributed by atoms with Crippen molar-refractivity contribution in [2.24, 2.45) is 5.92 Å². The molecule has 2 atom stereocenters. The molecular formula is C7H15NO3. The molecular weight excluding hydrogens is 146 g/mol. The van der Waals surface area contributed by atoms with Crippen LogP contribution < -0.4 is 5.32 Å². The van der Waals surface area contributed by atoms with Crippen LogP contribution in [0.5, 0.6) is 0 Å². The summed E-state index contributed by atoms with van der Waals surface area (Å²) in [5.41, 5.74) is 0. The Labute approximate surface area is 66.5 Å². The first-order valence-electron chi connectivity index (χ1n) is 3.54. The number of ether oxygens (including phenoxy) is 1. The van der Waals surface area contributed by atoms with Crippen LogP contribution in [-0.4, -0.2) is 31.0 Å². The first-order chi connectivity index (χ1) is 5.11. The predicted molar refractivity (Wildman–Crippen MR) is 40.8 cm³/mol. The van der Waals surface area contributed by atoms with Gasteiger partial charge < -0.3 is 14.6 Å². The molecule has 0 radical (unpaired) electrons. The zero-order valence-electron chi connectivity index (χ0n) is 7.07. The Balaban J connectivity index is 3.77. The van der Waals surface area contributed by atoms with Gasteiger partial charge in [-0.2, -0.15) is 0 Å².